The maximum absolute atomic E-state index is 12.6. The van der Waals surface area contributed by atoms with Gasteiger partial charge in [0.2, 0.25) is 5.91 Å². The first-order chi connectivity index (χ1) is 18.7. The summed E-state index contributed by atoms with van der Waals surface area (Å²) >= 11 is 12.6. The molecule has 10 heteroatoms. The molecule has 8 nitrogen and oxygen atoms in total. The lowest BCUT2D eigenvalue weighted by Gasteiger charge is -2.36. The molecular weight excluding hydrogens is 541 g/mol. The quantitative estimate of drug-likeness (QED) is 0.269. The van der Waals surface area contributed by atoms with Gasteiger partial charge in [-0.1, -0.05) is 35.3 Å². The van der Waals surface area contributed by atoms with Crippen LogP contribution in [0.2, 0.25) is 10.0 Å². The lowest BCUT2D eigenvalue weighted by molar-refractivity contribution is -0.165. The number of anilines is 2. The number of rotatable bonds is 11. The standard InChI is InChI=1S/C29H37Cl2N3O5/c1-29(2,37-3)28(36)39-20-34-25-19-22(11-9-21(25)10-12-26(34)35)38-18-5-4-13-32-14-16-33(17-15-32)24-8-6-7-23(30)27(24)31/h6-9,11,19H,4-5,10,12-18,20H2,1-3H3. The Balaban J connectivity index is 1.22. The van der Waals surface area contributed by atoms with E-state index in [1.807, 2.05) is 36.4 Å². The minimum atomic E-state index is -1.08. The molecule has 0 radical (unpaired) electrons. The SMILES string of the molecule is COC(C)(C)C(=O)OCN1C(=O)CCc2ccc(OCCCCN3CCN(c4cccc(Cl)c4Cl)CC3)cc21. The minimum absolute atomic E-state index is 0.0830. The van der Waals surface area contributed by atoms with Crippen molar-refractivity contribution in [1.29, 1.82) is 0 Å². The van der Waals surface area contributed by atoms with Gasteiger partial charge in [-0.3, -0.25) is 14.6 Å². The van der Waals surface area contributed by atoms with E-state index in [4.69, 9.17) is 37.4 Å². The number of ether oxygens (including phenoxy) is 3. The van der Waals surface area contributed by atoms with Crippen molar-refractivity contribution < 1.29 is 23.8 Å². The summed E-state index contributed by atoms with van der Waals surface area (Å²) in [6.45, 7) is 8.48. The molecule has 0 N–H and O–H groups in total. The molecule has 0 atom stereocenters. The third kappa shape index (κ3) is 7.37. The molecule has 39 heavy (non-hydrogen) atoms. The van der Waals surface area contributed by atoms with Crippen molar-refractivity contribution in [2.75, 3.05) is 63.0 Å². The number of piperazine rings is 1. The highest BCUT2D eigenvalue weighted by molar-refractivity contribution is 6.43. The number of hydrogen-bond donors (Lipinski definition) is 0. The first-order valence-corrected chi connectivity index (χ1v) is 14.1. The molecule has 2 aromatic carbocycles. The van der Waals surface area contributed by atoms with Crippen LogP contribution in [0, 0.1) is 0 Å². The van der Waals surface area contributed by atoms with E-state index in [-0.39, 0.29) is 12.6 Å². The number of amides is 1. The average Bonchev–Trinajstić information content (AvgIpc) is 2.94. The number of hydrogen-bond acceptors (Lipinski definition) is 7. The largest absolute Gasteiger partial charge is 0.494 e. The minimum Gasteiger partial charge on any atom is -0.494 e. The topological polar surface area (TPSA) is 71.5 Å². The second-order valence-electron chi connectivity index (χ2n) is 10.3. The number of nitrogens with zero attached hydrogens (tertiary/aromatic N) is 3. The Morgan fingerprint density at radius 3 is 2.51 bits per heavy atom. The zero-order valence-electron chi connectivity index (χ0n) is 22.9. The maximum atomic E-state index is 12.6. The molecule has 1 amide bonds. The van der Waals surface area contributed by atoms with Crippen LogP contribution >= 0.6 is 23.2 Å². The van der Waals surface area contributed by atoms with Gasteiger partial charge >= 0.3 is 5.97 Å². The average molecular weight is 579 g/mol. The van der Waals surface area contributed by atoms with Crippen LogP contribution in [0.3, 0.4) is 0 Å². The Hall–Kier alpha value is -2.52. The van der Waals surface area contributed by atoms with Gasteiger partial charge in [0, 0.05) is 45.8 Å². The summed E-state index contributed by atoms with van der Waals surface area (Å²) in [5.74, 6) is 0.0939. The highest BCUT2D eigenvalue weighted by atomic mass is 35.5. The van der Waals surface area contributed by atoms with Crippen LogP contribution in [-0.2, 0) is 25.5 Å². The van der Waals surface area contributed by atoms with Crippen molar-refractivity contribution in [2.45, 2.75) is 45.1 Å². The molecular formula is C29H37Cl2N3O5. The molecule has 4 rings (SSSR count). The van der Waals surface area contributed by atoms with Gasteiger partial charge in [0.1, 0.15) is 5.75 Å². The van der Waals surface area contributed by atoms with Crippen molar-refractivity contribution in [1.82, 2.24) is 4.90 Å². The van der Waals surface area contributed by atoms with E-state index in [1.54, 1.807) is 13.8 Å². The highest BCUT2D eigenvalue weighted by Crippen LogP contribution is 2.33. The van der Waals surface area contributed by atoms with Crippen LogP contribution in [0.15, 0.2) is 36.4 Å². The fourth-order valence-corrected chi connectivity index (χ4v) is 5.12. The van der Waals surface area contributed by atoms with E-state index < -0.39 is 11.6 Å². The third-order valence-corrected chi connectivity index (χ3v) is 8.17. The first-order valence-electron chi connectivity index (χ1n) is 13.4. The van der Waals surface area contributed by atoms with Gasteiger partial charge in [0.25, 0.3) is 0 Å². The van der Waals surface area contributed by atoms with Crippen LogP contribution in [0.25, 0.3) is 0 Å². The van der Waals surface area contributed by atoms with Crippen LogP contribution in [-0.4, -0.2) is 75.5 Å². The van der Waals surface area contributed by atoms with Crippen molar-refractivity contribution >= 4 is 46.5 Å². The van der Waals surface area contributed by atoms with Crippen molar-refractivity contribution in [3.05, 3.63) is 52.0 Å². The van der Waals surface area contributed by atoms with Gasteiger partial charge in [-0.05, 0) is 63.4 Å². The zero-order valence-corrected chi connectivity index (χ0v) is 24.4. The molecule has 212 valence electrons. The molecule has 2 aliphatic rings. The van der Waals surface area contributed by atoms with Crippen LogP contribution < -0.4 is 14.5 Å². The Morgan fingerprint density at radius 1 is 1.00 bits per heavy atom. The van der Waals surface area contributed by atoms with Gasteiger partial charge in [0.05, 0.1) is 28.0 Å². The Bertz CT molecular complexity index is 1170. The van der Waals surface area contributed by atoms with Crippen molar-refractivity contribution in [3.8, 4) is 5.75 Å². The van der Waals surface area contributed by atoms with Gasteiger partial charge in [-0.25, -0.2) is 4.79 Å². The predicted molar refractivity (Wildman–Crippen MR) is 154 cm³/mol. The van der Waals surface area contributed by atoms with E-state index in [0.29, 0.717) is 35.2 Å². The molecule has 0 aliphatic carbocycles. The number of carbonyl (C=O) groups excluding carboxylic acids is 2. The molecule has 2 aromatic rings. The fraction of sp³-hybridized carbons (Fsp3) is 0.517. The van der Waals surface area contributed by atoms with E-state index >= 15 is 0 Å². The number of benzene rings is 2. The molecule has 2 heterocycles. The number of aryl methyl sites for hydroxylation is 1. The predicted octanol–water partition coefficient (Wildman–Crippen LogP) is 5.18. The summed E-state index contributed by atoms with van der Waals surface area (Å²) in [6, 6.07) is 11.6. The Labute approximate surface area is 240 Å². The Kier molecular flexibility index (Phi) is 9.99. The van der Waals surface area contributed by atoms with Crippen LogP contribution in [0.4, 0.5) is 11.4 Å². The smallest absolute Gasteiger partial charge is 0.339 e. The third-order valence-electron chi connectivity index (χ3n) is 7.37. The molecule has 1 saturated heterocycles. The van der Waals surface area contributed by atoms with E-state index in [0.717, 1.165) is 62.5 Å². The fourth-order valence-electron chi connectivity index (χ4n) is 4.71. The monoisotopic (exact) mass is 577 g/mol. The van der Waals surface area contributed by atoms with E-state index in [9.17, 15) is 9.59 Å². The molecule has 2 aliphatic heterocycles. The van der Waals surface area contributed by atoms with Gasteiger partial charge in [-0.15, -0.1) is 0 Å². The first kappa shape index (κ1) is 29.5. The summed E-state index contributed by atoms with van der Waals surface area (Å²) in [6.07, 6.45) is 2.97. The maximum Gasteiger partial charge on any atom is 0.339 e. The normalized spacial score (nSPS) is 16.3. The number of methoxy groups -OCH3 is 1. The highest BCUT2D eigenvalue weighted by Gasteiger charge is 2.31. The zero-order chi connectivity index (χ0) is 28.0. The van der Waals surface area contributed by atoms with Crippen molar-refractivity contribution in [3.63, 3.8) is 0 Å². The summed E-state index contributed by atoms with van der Waals surface area (Å²) in [7, 11) is 1.45. The Morgan fingerprint density at radius 2 is 1.77 bits per heavy atom. The van der Waals surface area contributed by atoms with Crippen LogP contribution in [0.1, 0.15) is 38.7 Å². The molecule has 0 saturated carbocycles. The molecule has 0 bridgehead atoms. The van der Waals surface area contributed by atoms with E-state index in [2.05, 4.69) is 9.80 Å². The second kappa shape index (κ2) is 13.2. The number of unbranched alkanes of at least 4 members (excludes halogenated alkanes) is 1. The van der Waals surface area contributed by atoms with Gasteiger partial charge in [0.15, 0.2) is 12.3 Å². The van der Waals surface area contributed by atoms with Gasteiger partial charge in [-0.2, -0.15) is 0 Å². The lowest BCUT2D eigenvalue weighted by Crippen LogP contribution is -2.46. The van der Waals surface area contributed by atoms with Crippen molar-refractivity contribution in [2.24, 2.45) is 0 Å². The molecule has 1 fully saturated rings. The summed E-state index contributed by atoms with van der Waals surface area (Å²) in [5, 5.41) is 1.21. The number of fused-ring (bicyclic) bond motifs is 1. The van der Waals surface area contributed by atoms with E-state index in [1.165, 1.54) is 12.0 Å². The number of carbonyl (C=O) groups is 2. The molecule has 0 unspecified atom stereocenters. The molecule has 0 aromatic heterocycles. The molecule has 0 spiro atoms. The number of esters is 1. The number of halogens is 2. The lowest BCUT2D eigenvalue weighted by atomic mass is 10.0. The summed E-state index contributed by atoms with van der Waals surface area (Å²) < 4.78 is 16.6. The summed E-state index contributed by atoms with van der Waals surface area (Å²) in [5.41, 5.74) is 1.68. The van der Waals surface area contributed by atoms with Gasteiger partial charge < -0.3 is 19.1 Å². The second-order valence-corrected chi connectivity index (χ2v) is 11.1. The van der Waals surface area contributed by atoms with Crippen LogP contribution in [0.5, 0.6) is 5.75 Å². The summed E-state index contributed by atoms with van der Waals surface area (Å²) in [4.78, 5) is 31.2.